The summed E-state index contributed by atoms with van der Waals surface area (Å²) in [5.74, 6) is 0.841. The molecule has 0 aliphatic heterocycles. The van der Waals surface area contributed by atoms with E-state index in [4.69, 9.17) is 10.5 Å². The third kappa shape index (κ3) is 3.21. The number of nitrogens with two attached hydrogens (primary N) is 1. The van der Waals surface area contributed by atoms with Crippen LogP contribution in [0.2, 0.25) is 0 Å². The lowest BCUT2D eigenvalue weighted by Crippen LogP contribution is -2.04. The van der Waals surface area contributed by atoms with Crippen molar-refractivity contribution in [3.8, 4) is 5.75 Å². The van der Waals surface area contributed by atoms with Crippen molar-refractivity contribution in [2.24, 2.45) is 0 Å². The fraction of sp³-hybridized carbons (Fsp3) is 0.214. The van der Waals surface area contributed by atoms with Crippen LogP contribution in [0.15, 0.2) is 42.6 Å². The monoisotopic (exact) mass is 228 g/mol. The highest BCUT2D eigenvalue weighted by molar-refractivity contribution is 5.41. The molecule has 0 unspecified atom stereocenters. The van der Waals surface area contributed by atoms with Gasteiger partial charge in [-0.1, -0.05) is 6.07 Å². The molecule has 2 aromatic rings. The largest absolute Gasteiger partial charge is 0.493 e. The van der Waals surface area contributed by atoms with Gasteiger partial charge < -0.3 is 10.5 Å². The molecule has 0 saturated heterocycles. The summed E-state index contributed by atoms with van der Waals surface area (Å²) >= 11 is 0. The van der Waals surface area contributed by atoms with E-state index in [0.29, 0.717) is 6.61 Å². The number of pyridine rings is 1. The van der Waals surface area contributed by atoms with Gasteiger partial charge in [0, 0.05) is 24.0 Å². The zero-order valence-electron chi connectivity index (χ0n) is 9.89. The molecular weight excluding hydrogens is 212 g/mol. The first-order chi connectivity index (χ1) is 8.25. The van der Waals surface area contributed by atoms with Crippen LogP contribution < -0.4 is 10.5 Å². The summed E-state index contributed by atoms with van der Waals surface area (Å²) in [7, 11) is 0. The van der Waals surface area contributed by atoms with E-state index in [1.165, 1.54) is 5.56 Å². The molecule has 0 radical (unpaired) electrons. The molecule has 3 nitrogen and oxygen atoms in total. The van der Waals surface area contributed by atoms with Gasteiger partial charge in [-0.3, -0.25) is 4.98 Å². The lowest BCUT2D eigenvalue weighted by molar-refractivity contribution is 0.320. The Labute approximate surface area is 101 Å². The highest BCUT2D eigenvalue weighted by Gasteiger charge is 1.99. The summed E-state index contributed by atoms with van der Waals surface area (Å²) in [6.45, 7) is 2.69. The molecule has 0 bridgehead atoms. The molecule has 17 heavy (non-hydrogen) atoms. The molecule has 0 fully saturated rings. The molecule has 1 aromatic carbocycles. The van der Waals surface area contributed by atoms with Gasteiger partial charge in [-0.05, 0) is 42.8 Å². The van der Waals surface area contributed by atoms with Crippen LogP contribution in [0.25, 0.3) is 0 Å². The predicted octanol–water partition coefficient (Wildman–Crippen LogP) is 2.59. The van der Waals surface area contributed by atoms with Gasteiger partial charge in [0.05, 0.1) is 6.61 Å². The first-order valence-electron chi connectivity index (χ1n) is 5.64. The third-order valence-corrected chi connectivity index (χ3v) is 2.61. The molecule has 3 heteroatoms. The second-order valence-electron chi connectivity index (χ2n) is 3.93. The maximum atomic E-state index is 5.62. The van der Waals surface area contributed by atoms with Crippen LogP contribution in [-0.2, 0) is 6.42 Å². The topological polar surface area (TPSA) is 48.1 Å². The molecule has 1 aromatic heterocycles. The Balaban J connectivity index is 1.88. The van der Waals surface area contributed by atoms with Crippen molar-refractivity contribution in [3.05, 3.63) is 53.9 Å². The maximum Gasteiger partial charge on any atom is 0.119 e. The highest BCUT2D eigenvalue weighted by Crippen LogP contribution is 2.13. The predicted molar refractivity (Wildman–Crippen MR) is 69.0 cm³/mol. The second-order valence-corrected chi connectivity index (χ2v) is 3.93. The summed E-state index contributed by atoms with van der Waals surface area (Å²) in [6.07, 6.45) is 2.63. The van der Waals surface area contributed by atoms with Crippen molar-refractivity contribution < 1.29 is 4.74 Å². The van der Waals surface area contributed by atoms with Crippen LogP contribution in [0.3, 0.4) is 0 Å². The van der Waals surface area contributed by atoms with Crippen LogP contribution in [0.1, 0.15) is 11.3 Å². The number of aromatic nitrogens is 1. The maximum absolute atomic E-state index is 5.62. The lowest BCUT2D eigenvalue weighted by atomic mass is 10.2. The van der Waals surface area contributed by atoms with Gasteiger partial charge in [0.2, 0.25) is 0 Å². The Morgan fingerprint density at radius 2 is 1.94 bits per heavy atom. The van der Waals surface area contributed by atoms with Gasteiger partial charge in [0.25, 0.3) is 0 Å². The number of anilines is 1. The van der Waals surface area contributed by atoms with Crippen LogP contribution in [0, 0.1) is 6.92 Å². The Morgan fingerprint density at radius 3 is 2.65 bits per heavy atom. The van der Waals surface area contributed by atoms with Crippen molar-refractivity contribution in [3.63, 3.8) is 0 Å². The van der Waals surface area contributed by atoms with E-state index >= 15 is 0 Å². The molecule has 2 N–H and O–H groups in total. The van der Waals surface area contributed by atoms with Gasteiger partial charge in [-0.15, -0.1) is 0 Å². The van der Waals surface area contributed by atoms with Gasteiger partial charge in [-0.2, -0.15) is 0 Å². The highest BCUT2D eigenvalue weighted by atomic mass is 16.5. The van der Waals surface area contributed by atoms with Gasteiger partial charge in [-0.25, -0.2) is 0 Å². The fourth-order valence-corrected chi connectivity index (χ4v) is 1.61. The SMILES string of the molecule is Cc1cccnc1CCOc1ccc(N)cc1. The molecular formula is C14H16N2O. The standard InChI is InChI=1S/C14H16N2O/c1-11-3-2-9-16-14(11)8-10-17-13-6-4-12(15)5-7-13/h2-7,9H,8,10,15H2,1H3. The number of benzene rings is 1. The van der Waals surface area contributed by atoms with Gasteiger partial charge in [0.15, 0.2) is 0 Å². The van der Waals surface area contributed by atoms with E-state index < -0.39 is 0 Å². The number of hydrogen-bond acceptors (Lipinski definition) is 3. The average Bonchev–Trinajstić information content (AvgIpc) is 2.34. The summed E-state index contributed by atoms with van der Waals surface area (Å²) in [5.41, 5.74) is 8.64. The molecule has 0 amide bonds. The molecule has 88 valence electrons. The minimum atomic E-state index is 0.627. The summed E-state index contributed by atoms with van der Waals surface area (Å²) in [5, 5.41) is 0. The first-order valence-corrected chi connectivity index (χ1v) is 5.64. The van der Waals surface area contributed by atoms with Crippen LogP contribution >= 0.6 is 0 Å². The number of rotatable bonds is 4. The number of ether oxygens (including phenoxy) is 1. The van der Waals surface area contributed by atoms with E-state index in [9.17, 15) is 0 Å². The molecule has 0 spiro atoms. The molecule has 0 saturated carbocycles. The molecule has 0 aliphatic carbocycles. The second kappa shape index (κ2) is 5.34. The van der Waals surface area contributed by atoms with E-state index in [1.54, 1.807) is 0 Å². The number of nitrogens with zero attached hydrogens (tertiary/aromatic N) is 1. The van der Waals surface area contributed by atoms with E-state index in [1.807, 2.05) is 36.5 Å². The summed E-state index contributed by atoms with van der Waals surface area (Å²) in [6, 6.07) is 11.4. The minimum absolute atomic E-state index is 0.627. The Bertz CT molecular complexity index is 480. The zero-order chi connectivity index (χ0) is 12.1. The van der Waals surface area contributed by atoms with Crippen molar-refractivity contribution in [1.82, 2.24) is 4.98 Å². The fourth-order valence-electron chi connectivity index (χ4n) is 1.61. The minimum Gasteiger partial charge on any atom is -0.493 e. The molecule has 2 rings (SSSR count). The van der Waals surface area contributed by atoms with Crippen LogP contribution in [-0.4, -0.2) is 11.6 Å². The first kappa shape index (κ1) is 11.5. The van der Waals surface area contributed by atoms with E-state index in [-0.39, 0.29) is 0 Å². The Kier molecular flexibility index (Phi) is 3.60. The molecule has 1 heterocycles. The number of nitrogen functional groups attached to an aromatic ring is 1. The zero-order valence-corrected chi connectivity index (χ0v) is 9.89. The smallest absolute Gasteiger partial charge is 0.119 e. The quantitative estimate of drug-likeness (QED) is 0.818. The lowest BCUT2D eigenvalue weighted by Gasteiger charge is -2.07. The molecule has 0 atom stereocenters. The van der Waals surface area contributed by atoms with Crippen LogP contribution in [0.5, 0.6) is 5.75 Å². The Morgan fingerprint density at radius 1 is 1.18 bits per heavy atom. The van der Waals surface area contributed by atoms with E-state index in [0.717, 1.165) is 23.6 Å². The average molecular weight is 228 g/mol. The Hall–Kier alpha value is -2.03. The van der Waals surface area contributed by atoms with Crippen LogP contribution in [0.4, 0.5) is 5.69 Å². The third-order valence-electron chi connectivity index (χ3n) is 2.61. The van der Waals surface area contributed by atoms with Crippen molar-refractivity contribution in [1.29, 1.82) is 0 Å². The summed E-state index contributed by atoms with van der Waals surface area (Å²) < 4.78 is 5.62. The van der Waals surface area contributed by atoms with Crippen molar-refractivity contribution >= 4 is 5.69 Å². The molecule has 0 aliphatic rings. The van der Waals surface area contributed by atoms with Crippen molar-refractivity contribution in [2.45, 2.75) is 13.3 Å². The normalized spacial score (nSPS) is 10.2. The van der Waals surface area contributed by atoms with Gasteiger partial charge in [0.1, 0.15) is 5.75 Å². The van der Waals surface area contributed by atoms with Crippen molar-refractivity contribution in [2.75, 3.05) is 12.3 Å². The number of aryl methyl sites for hydroxylation is 1. The van der Waals surface area contributed by atoms with E-state index in [2.05, 4.69) is 18.0 Å². The van der Waals surface area contributed by atoms with Gasteiger partial charge >= 0.3 is 0 Å². The number of hydrogen-bond donors (Lipinski definition) is 1. The summed E-state index contributed by atoms with van der Waals surface area (Å²) in [4.78, 5) is 4.32.